The van der Waals surface area contributed by atoms with Gasteiger partial charge in [-0.3, -0.25) is 19.2 Å². The summed E-state index contributed by atoms with van der Waals surface area (Å²) in [5, 5.41) is 16.1. The molecule has 0 spiro atoms. The average Bonchev–Trinajstić information content (AvgIpc) is 3.75. The quantitative estimate of drug-likeness (QED) is 0.131. The highest BCUT2D eigenvalue weighted by Crippen LogP contribution is 2.27. The van der Waals surface area contributed by atoms with Gasteiger partial charge in [0.15, 0.2) is 12.2 Å². The van der Waals surface area contributed by atoms with Gasteiger partial charge in [-0.1, -0.05) is 45.0 Å². The minimum Gasteiger partial charge on any atom is -0.491 e. The van der Waals surface area contributed by atoms with Crippen LogP contribution in [0.5, 0.6) is 17.2 Å². The van der Waals surface area contributed by atoms with Crippen LogP contribution in [0.4, 0.5) is 0 Å². The highest BCUT2D eigenvalue weighted by molar-refractivity contribution is 5.94. The number of amides is 4. The van der Waals surface area contributed by atoms with Crippen LogP contribution in [0.25, 0.3) is 11.3 Å². The number of hydrogen-bond acceptors (Lipinski definition) is 10. The van der Waals surface area contributed by atoms with E-state index in [-0.39, 0.29) is 39.3 Å². The molecule has 0 bridgehead atoms. The minimum absolute atomic E-state index is 0.0321. The highest BCUT2D eigenvalue weighted by Gasteiger charge is 2.44. The lowest BCUT2D eigenvalue weighted by Crippen LogP contribution is -2.58. The number of nitrogens with two attached hydrogens (primary N) is 1. The maximum Gasteiger partial charge on any atom is 0.248 e. The summed E-state index contributed by atoms with van der Waals surface area (Å²) in [5.41, 5.74) is 7.42. The molecule has 3 atom stereocenters. The molecule has 2 heterocycles. The first-order chi connectivity index (χ1) is 25.3. The number of rotatable bonds is 15. The molecule has 1 saturated heterocycles. The van der Waals surface area contributed by atoms with Crippen LogP contribution in [0.2, 0.25) is 0 Å². The van der Waals surface area contributed by atoms with Gasteiger partial charge in [-0.15, -0.1) is 0 Å². The summed E-state index contributed by atoms with van der Waals surface area (Å²) >= 11 is 0. The molecule has 0 aliphatic carbocycles. The van der Waals surface area contributed by atoms with Gasteiger partial charge in [0.1, 0.15) is 42.5 Å². The van der Waals surface area contributed by atoms with Gasteiger partial charge in [-0.2, -0.15) is 0 Å². The van der Waals surface area contributed by atoms with E-state index in [0.717, 1.165) is 16.8 Å². The predicted molar refractivity (Wildman–Crippen MR) is 194 cm³/mol. The number of carbonyl (C=O) groups excluding carboxylic acids is 4. The van der Waals surface area contributed by atoms with Crippen molar-refractivity contribution in [3.8, 4) is 28.6 Å². The first kappa shape index (κ1) is 38.5. The number of aryl methyl sites for hydroxylation is 1. The summed E-state index contributed by atoms with van der Waals surface area (Å²) in [6.45, 7) is 7.44. The fourth-order valence-corrected chi connectivity index (χ4v) is 5.79. The van der Waals surface area contributed by atoms with Gasteiger partial charge < -0.3 is 45.0 Å². The summed E-state index contributed by atoms with van der Waals surface area (Å²) < 4.78 is 22.4. The molecule has 1 aromatic heterocycles. The Kier molecular flexibility index (Phi) is 12.5. The number of likely N-dealkylation sites (tertiary alicyclic amines) is 1. The maximum absolute atomic E-state index is 13.9. The van der Waals surface area contributed by atoms with Gasteiger partial charge in [-0.25, -0.2) is 4.98 Å². The molecule has 0 saturated carbocycles. The number of β-amino-alcohol motifs (C(OH)–C–C–N with tert-alkyl or cyclic N) is 1. The Bertz CT molecular complexity index is 1870. The van der Waals surface area contributed by atoms with Gasteiger partial charge in [0.2, 0.25) is 23.6 Å². The Morgan fingerprint density at radius 2 is 1.60 bits per heavy atom. The molecule has 1 aliphatic heterocycles. The van der Waals surface area contributed by atoms with Crippen molar-refractivity contribution in [2.75, 3.05) is 26.4 Å². The molecule has 3 aromatic carbocycles. The largest absolute Gasteiger partial charge is 0.491 e. The van der Waals surface area contributed by atoms with Crippen LogP contribution in [0.3, 0.4) is 0 Å². The van der Waals surface area contributed by atoms with Crippen molar-refractivity contribution < 1.29 is 42.9 Å². The fourth-order valence-electron chi connectivity index (χ4n) is 5.79. The third-order valence-electron chi connectivity index (χ3n) is 8.64. The Morgan fingerprint density at radius 3 is 2.21 bits per heavy atom. The van der Waals surface area contributed by atoms with E-state index in [2.05, 4.69) is 15.6 Å². The van der Waals surface area contributed by atoms with Crippen LogP contribution in [0, 0.1) is 12.3 Å². The molecule has 4 amide bonds. The second-order valence-corrected chi connectivity index (χ2v) is 13.8. The van der Waals surface area contributed by atoms with Crippen molar-refractivity contribution in [2.45, 2.75) is 58.8 Å². The van der Waals surface area contributed by atoms with E-state index >= 15 is 0 Å². The van der Waals surface area contributed by atoms with Crippen molar-refractivity contribution in [1.82, 2.24) is 20.5 Å². The summed E-state index contributed by atoms with van der Waals surface area (Å²) in [7, 11) is 0. The summed E-state index contributed by atoms with van der Waals surface area (Å²) in [6.07, 6.45) is 0.586. The Balaban J connectivity index is 1.07. The number of aliphatic hydroxyl groups is 1. The SMILES string of the molecule is Cc1ncoc1-c1ccc(CNC(=O)[C@@H]2C[C@@H](O)CN2C(=O)[C@@H](NC(=O)COCCOc2ccc(Oc3ccc(C(N)=O)cc3)cc2)C(C)(C)C)cc1. The molecule has 14 nitrogen and oxygen atoms in total. The van der Waals surface area contributed by atoms with Crippen molar-refractivity contribution in [3.63, 3.8) is 0 Å². The molecule has 1 aliphatic rings. The number of oxazole rings is 1. The van der Waals surface area contributed by atoms with Crippen molar-refractivity contribution in [1.29, 1.82) is 0 Å². The van der Waals surface area contributed by atoms with Gasteiger partial charge in [0.25, 0.3) is 0 Å². The first-order valence-electron chi connectivity index (χ1n) is 17.2. The third kappa shape index (κ3) is 10.4. The van der Waals surface area contributed by atoms with Crippen molar-refractivity contribution in [2.24, 2.45) is 11.1 Å². The zero-order valence-electron chi connectivity index (χ0n) is 30.2. The van der Waals surface area contributed by atoms with E-state index in [0.29, 0.717) is 28.6 Å². The Hall–Kier alpha value is -5.73. The zero-order chi connectivity index (χ0) is 38.1. The molecule has 5 N–H and O–H groups in total. The molecule has 5 rings (SSSR count). The van der Waals surface area contributed by atoms with E-state index in [9.17, 15) is 24.3 Å². The maximum atomic E-state index is 13.9. The van der Waals surface area contributed by atoms with E-state index in [1.54, 1.807) is 48.5 Å². The van der Waals surface area contributed by atoms with Gasteiger partial charge >= 0.3 is 0 Å². The lowest BCUT2D eigenvalue weighted by Gasteiger charge is -2.35. The fraction of sp³-hybridized carbons (Fsp3) is 0.359. The van der Waals surface area contributed by atoms with Crippen molar-refractivity contribution >= 4 is 23.6 Å². The molecule has 280 valence electrons. The summed E-state index contributed by atoms with van der Waals surface area (Å²) in [5.74, 6) is 0.466. The van der Waals surface area contributed by atoms with E-state index in [4.69, 9.17) is 24.4 Å². The molecule has 14 heteroatoms. The third-order valence-corrected chi connectivity index (χ3v) is 8.64. The number of primary amides is 1. The topological polar surface area (TPSA) is 196 Å². The standard InChI is InChI=1S/C39H45N5O9/c1-24-34(52-23-42-24)26-7-5-25(6-8-26)20-41-37(48)32-19-28(45)21-44(32)38(49)35(39(2,3)4)43-33(46)22-50-17-18-51-29-13-15-31(16-14-29)53-30-11-9-27(10-12-30)36(40)47/h5-16,23,28,32,35,45H,17-22H2,1-4H3,(H2,40,47)(H,41,48)(H,43,46)/t28-,32+,35-/m1/s1. The van der Waals surface area contributed by atoms with Gasteiger partial charge in [0, 0.05) is 30.6 Å². The number of nitrogens with zero attached hydrogens (tertiary/aromatic N) is 2. The number of aromatic nitrogens is 1. The van der Waals surface area contributed by atoms with Gasteiger partial charge in [0.05, 0.1) is 18.4 Å². The number of carbonyl (C=O) groups is 4. The highest BCUT2D eigenvalue weighted by atomic mass is 16.5. The average molecular weight is 728 g/mol. The van der Waals surface area contributed by atoms with E-state index in [1.165, 1.54) is 11.3 Å². The van der Waals surface area contributed by atoms with Crippen LogP contribution in [-0.4, -0.2) is 83.2 Å². The number of ether oxygens (including phenoxy) is 3. The van der Waals surface area contributed by atoms with Crippen LogP contribution in [-0.2, 0) is 25.7 Å². The number of nitrogens with one attached hydrogen (secondary N) is 2. The summed E-state index contributed by atoms with van der Waals surface area (Å²) in [4.78, 5) is 56.8. The van der Waals surface area contributed by atoms with Crippen LogP contribution >= 0.6 is 0 Å². The lowest BCUT2D eigenvalue weighted by atomic mass is 9.85. The monoisotopic (exact) mass is 727 g/mol. The van der Waals surface area contributed by atoms with E-state index in [1.807, 2.05) is 52.0 Å². The molecular formula is C39H45N5O9. The Labute approximate surface area is 307 Å². The number of benzene rings is 3. The molecule has 53 heavy (non-hydrogen) atoms. The molecule has 1 fully saturated rings. The number of aliphatic hydroxyl groups excluding tert-OH is 1. The second-order valence-electron chi connectivity index (χ2n) is 13.8. The Morgan fingerprint density at radius 1 is 0.962 bits per heavy atom. The van der Waals surface area contributed by atoms with Gasteiger partial charge in [-0.05, 0) is 66.4 Å². The van der Waals surface area contributed by atoms with Crippen molar-refractivity contribution in [3.05, 3.63) is 96.0 Å². The zero-order valence-corrected chi connectivity index (χ0v) is 30.2. The first-order valence-corrected chi connectivity index (χ1v) is 17.2. The van der Waals surface area contributed by atoms with Crippen LogP contribution < -0.4 is 25.8 Å². The van der Waals surface area contributed by atoms with Crippen LogP contribution in [0.15, 0.2) is 83.6 Å². The van der Waals surface area contributed by atoms with E-state index < -0.39 is 47.2 Å². The lowest BCUT2D eigenvalue weighted by molar-refractivity contribution is -0.144. The second kappa shape index (κ2) is 17.2. The summed E-state index contributed by atoms with van der Waals surface area (Å²) in [6, 6.07) is 19.0. The molecule has 0 radical (unpaired) electrons. The van der Waals surface area contributed by atoms with Crippen LogP contribution in [0.1, 0.15) is 48.8 Å². The molecule has 4 aromatic rings. The predicted octanol–water partition coefficient (Wildman–Crippen LogP) is 3.75. The number of hydrogen-bond donors (Lipinski definition) is 4. The molecular weight excluding hydrogens is 682 g/mol. The minimum atomic E-state index is -0.982. The normalized spacial score (nSPS) is 16.1. The smallest absolute Gasteiger partial charge is 0.248 e. The molecule has 0 unspecified atom stereocenters.